The predicted octanol–water partition coefficient (Wildman–Crippen LogP) is 4.05. The fourth-order valence-corrected chi connectivity index (χ4v) is 3.08. The molecule has 5 heteroatoms. The first-order valence-electron chi connectivity index (χ1n) is 8.10. The van der Waals surface area contributed by atoms with Crippen molar-refractivity contribution in [3.8, 4) is 0 Å². The summed E-state index contributed by atoms with van der Waals surface area (Å²) in [5, 5.41) is 9.42. The highest BCUT2D eigenvalue weighted by molar-refractivity contribution is 5.89. The summed E-state index contributed by atoms with van der Waals surface area (Å²) < 4.78 is 4.70. The molecule has 130 valence electrons. The molecular weight excluding hydrogens is 306 g/mol. The number of rotatable bonds is 2. The van der Waals surface area contributed by atoms with Crippen LogP contribution in [0.4, 0.5) is 4.79 Å². The lowest BCUT2D eigenvalue weighted by molar-refractivity contribution is 0.0600. The maximum absolute atomic E-state index is 11.5. The number of hydrogen-bond donors (Lipinski definition) is 1. The van der Waals surface area contributed by atoms with E-state index in [0.29, 0.717) is 12.1 Å². The standard InChI is InChI=1S/C19H25NO4/c1-19(2,3)16-12-14(9-10-20(16)18(22)23)11-13-5-7-15(8-6-13)17(21)24-4/h5-8,11,16H,9-10,12H2,1-4H3,(H,22,23). The van der Waals surface area contributed by atoms with Gasteiger partial charge >= 0.3 is 12.1 Å². The molecule has 1 aromatic rings. The van der Waals surface area contributed by atoms with Gasteiger partial charge in [-0.1, -0.05) is 44.6 Å². The van der Waals surface area contributed by atoms with Gasteiger partial charge < -0.3 is 14.7 Å². The number of piperidine rings is 1. The molecule has 0 radical (unpaired) electrons. The van der Waals surface area contributed by atoms with E-state index in [1.807, 2.05) is 12.1 Å². The van der Waals surface area contributed by atoms with Crippen LogP contribution in [0.25, 0.3) is 6.08 Å². The van der Waals surface area contributed by atoms with Gasteiger partial charge in [-0.25, -0.2) is 9.59 Å². The Kier molecular flexibility index (Phi) is 5.32. The summed E-state index contributed by atoms with van der Waals surface area (Å²) in [6.45, 7) is 6.73. The van der Waals surface area contributed by atoms with Crippen LogP contribution in [0.1, 0.15) is 49.5 Å². The minimum Gasteiger partial charge on any atom is -0.465 e. The number of carbonyl (C=O) groups is 2. The first-order chi connectivity index (χ1) is 11.2. The summed E-state index contributed by atoms with van der Waals surface area (Å²) in [5.41, 5.74) is 2.65. The molecule has 1 aliphatic heterocycles. The third-order valence-electron chi connectivity index (χ3n) is 4.45. The second kappa shape index (κ2) is 7.07. The van der Waals surface area contributed by atoms with Crippen LogP contribution >= 0.6 is 0 Å². The zero-order chi connectivity index (χ0) is 17.9. The van der Waals surface area contributed by atoms with Gasteiger partial charge in [0.15, 0.2) is 0 Å². The summed E-state index contributed by atoms with van der Waals surface area (Å²) in [6, 6.07) is 7.21. The van der Waals surface area contributed by atoms with Crippen molar-refractivity contribution in [2.75, 3.05) is 13.7 Å². The quantitative estimate of drug-likeness (QED) is 0.830. The molecule has 2 rings (SSSR count). The molecule has 1 unspecified atom stereocenters. The van der Waals surface area contributed by atoms with Crippen molar-refractivity contribution >= 4 is 18.1 Å². The highest BCUT2D eigenvalue weighted by Gasteiger charge is 2.36. The Bertz CT molecular complexity index is 640. The Balaban J connectivity index is 2.19. The lowest BCUT2D eigenvalue weighted by atomic mass is 9.79. The fourth-order valence-electron chi connectivity index (χ4n) is 3.08. The number of amides is 1. The van der Waals surface area contributed by atoms with Crippen LogP contribution < -0.4 is 0 Å². The number of methoxy groups -OCH3 is 1. The lowest BCUT2D eigenvalue weighted by Gasteiger charge is -2.42. The molecule has 5 nitrogen and oxygen atoms in total. The summed E-state index contributed by atoms with van der Waals surface area (Å²) in [7, 11) is 1.36. The zero-order valence-electron chi connectivity index (χ0n) is 14.7. The minimum atomic E-state index is -0.851. The number of esters is 1. The van der Waals surface area contributed by atoms with E-state index in [4.69, 9.17) is 4.74 Å². The molecule has 1 heterocycles. The van der Waals surface area contributed by atoms with Crippen LogP contribution in [0.3, 0.4) is 0 Å². The molecule has 1 fully saturated rings. The molecule has 0 spiro atoms. The Labute approximate surface area is 142 Å². The van der Waals surface area contributed by atoms with Crippen LogP contribution in [-0.4, -0.2) is 41.8 Å². The maximum Gasteiger partial charge on any atom is 0.407 e. The molecule has 0 aliphatic carbocycles. The van der Waals surface area contributed by atoms with Crippen molar-refractivity contribution in [2.24, 2.45) is 5.41 Å². The summed E-state index contributed by atoms with van der Waals surface area (Å²) in [4.78, 5) is 24.5. The van der Waals surface area contributed by atoms with E-state index in [1.54, 1.807) is 17.0 Å². The highest BCUT2D eigenvalue weighted by atomic mass is 16.5. The zero-order valence-corrected chi connectivity index (χ0v) is 14.7. The molecule has 0 aromatic heterocycles. The van der Waals surface area contributed by atoms with Gasteiger partial charge in [0.05, 0.1) is 12.7 Å². The average Bonchev–Trinajstić information content (AvgIpc) is 2.53. The molecule has 0 bridgehead atoms. The third-order valence-corrected chi connectivity index (χ3v) is 4.45. The van der Waals surface area contributed by atoms with Gasteiger partial charge in [-0.2, -0.15) is 0 Å². The lowest BCUT2D eigenvalue weighted by Crippen LogP contribution is -2.50. The molecule has 0 saturated carbocycles. The maximum atomic E-state index is 11.5. The fraction of sp³-hybridized carbons (Fsp3) is 0.474. The van der Waals surface area contributed by atoms with Crippen LogP contribution in [0.5, 0.6) is 0 Å². The monoisotopic (exact) mass is 331 g/mol. The Morgan fingerprint density at radius 2 is 1.88 bits per heavy atom. The number of ether oxygens (including phenoxy) is 1. The Morgan fingerprint density at radius 1 is 1.25 bits per heavy atom. The van der Waals surface area contributed by atoms with Crippen molar-refractivity contribution in [1.82, 2.24) is 4.90 Å². The second-order valence-electron chi connectivity index (χ2n) is 7.23. The van der Waals surface area contributed by atoms with Gasteiger partial charge in [-0.3, -0.25) is 0 Å². The minimum absolute atomic E-state index is 0.0376. The Hall–Kier alpha value is -2.30. The Morgan fingerprint density at radius 3 is 2.38 bits per heavy atom. The smallest absolute Gasteiger partial charge is 0.407 e. The van der Waals surface area contributed by atoms with Crippen LogP contribution in [0, 0.1) is 5.41 Å². The van der Waals surface area contributed by atoms with E-state index in [9.17, 15) is 14.7 Å². The molecular formula is C19H25NO4. The van der Waals surface area contributed by atoms with E-state index < -0.39 is 6.09 Å². The summed E-state index contributed by atoms with van der Waals surface area (Å²) in [6.07, 6.45) is 2.71. The van der Waals surface area contributed by atoms with Crippen molar-refractivity contribution in [3.63, 3.8) is 0 Å². The number of hydrogen-bond acceptors (Lipinski definition) is 3. The molecule has 1 atom stereocenters. The average molecular weight is 331 g/mol. The van der Waals surface area contributed by atoms with Gasteiger partial charge in [0.25, 0.3) is 0 Å². The first kappa shape index (κ1) is 18.0. The van der Waals surface area contributed by atoms with E-state index in [2.05, 4.69) is 26.8 Å². The molecule has 1 amide bonds. The van der Waals surface area contributed by atoms with E-state index in [1.165, 1.54) is 12.7 Å². The van der Waals surface area contributed by atoms with Gasteiger partial charge in [0.1, 0.15) is 0 Å². The molecule has 1 aromatic carbocycles. The van der Waals surface area contributed by atoms with Crippen LogP contribution in [0.15, 0.2) is 29.8 Å². The van der Waals surface area contributed by atoms with Crippen molar-refractivity contribution in [2.45, 2.75) is 39.7 Å². The number of carbonyl (C=O) groups excluding carboxylic acids is 1. The summed E-state index contributed by atoms with van der Waals surface area (Å²) >= 11 is 0. The molecule has 1 aliphatic rings. The first-order valence-corrected chi connectivity index (χ1v) is 8.10. The van der Waals surface area contributed by atoms with Crippen LogP contribution in [-0.2, 0) is 4.74 Å². The normalized spacial score (nSPS) is 20.1. The number of nitrogens with zero attached hydrogens (tertiary/aromatic N) is 1. The summed E-state index contributed by atoms with van der Waals surface area (Å²) in [5.74, 6) is -0.350. The van der Waals surface area contributed by atoms with E-state index >= 15 is 0 Å². The van der Waals surface area contributed by atoms with Gasteiger partial charge in [-0.05, 0) is 36.0 Å². The highest BCUT2D eigenvalue weighted by Crippen LogP contribution is 2.35. The van der Waals surface area contributed by atoms with Crippen LogP contribution in [0.2, 0.25) is 0 Å². The van der Waals surface area contributed by atoms with Gasteiger partial charge in [0, 0.05) is 12.6 Å². The molecule has 1 saturated heterocycles. The van der Waals surface area contributed by atoms with Crippen molar-refractivity contribution in [1.29, 1.82) is 0 Å². The molecule has 24 heavy (non-hydrogen) atoms. The van der Waals surface area contributed by atoms with Crippen molar-refractivity contribution < 1.29 is 19.4 Å². The SMILES string of the molecule is COC(=O)c1ccc(C=C2CCN(C(=O)O)C(C(C)(C)C)C2)cc1. The third kappa shape index (κ3) is 4.16. The number of benzene rings is 1. The molecule has 1 N–H and O–H groups in total. The largest absolute Gasteiger partial charge is 0.465 e. The van der Waals surface area contributed by atoms with Gasteiger partial charge in [0.2, 0.25) is 0 Å². The number of carboxylic acid groups (broad SMARTS) is 1. The van der Waals surface area contributed by atoms with Crippen molar-refractivity contribution in [3.05, 3.63) is 41.0 Å². The van der Waals surface area contributed by atoms with E-state index in [0.717, 1.165) is 18.4 Å². The second-order valence-corrected chi connectivity index (χ2v) is 7.23. The predicted molar refractivity (Wildman–Crippen MR) is 93.0 cm³/mol. The topological polar surface area (TPSA) is 66.8 Å². The van der Waals surface area contributed by atoms with Gasteiger partial charge in [-0.15, -0.1) is 0 Å². The number of likely N-dealkylation sites (tertiary alicyclic amines) is 1. The van der Waals surface area contributed by atoms with E-state index in [-0.39, 0.29) is 17.4 Å².